The second kappa shape index (κ2) is 11.1. The average Bonchev–Trinajstić information content (AvgIpc) is 3.27. The van der Waals surface area contributed by atoms with Gasteiger partial charge in [0.1, 0.15) is 11.5 Å². The van der Waals surface area contributed by atoms with Crippen molar-refractivity contribution in [3.05, 3.63) is 53.6 Å². The van der Waals surface area contributed by atoms with Gasteiger partial charge in [-0.3, -0.25) is 4.99 Å². The molecule has 3 N–H and O–H groups in total. The Morgan fingerprint density at radius 3 is 2.66 bits per heavy atom. The molecule has 1 aliphatic heterocycles. The van der Waals surface area contributed by atoms with E-state index in [1.807, 2.05) is 6.07 Å². The van der Waals surface area contributed by atoms with Gasteiger partial charge in [0, 0.05) is 37.9 Å². The van der Waals surface area contributed by atoms with Crippen LogP contribution in [0.1, 0.15) is 36.9 Å². The number of rotatable bonds is 6. The molecule has 1 saturated heterocycles. The lowest BCUT2D eigenvalue weighted by Crippen LogP contribution is -2.38. The maximum absolute atomic E-state index is 10.0. The third-order valence-electron chi connectivity index (χ3n) is 5.15. The third kappa shape index (κ3) is 6.16. The predicted octanol–water partition coefficient (Wildman–Crippen LogP) is 4.05. The van der Waals surface area contributed by atoms with Crippen LogP contribution >= 0.6 is 24.0 Å². The summed E-state index contributed by atoms with van der Waals surface area (Å²) in [5.41, 5.74) is 3.26. The molecule has 0 aliphatic carbocycles. The second-order valence-electron chi connectivity index (χ2n) is 7.08. The number of halogens is 1. The molecule has 2 aromatic carbocycles. The molecule has 1 heterocycles. The molecule has 158 valence electrons. The predicted molar refractivity (Wildman–Crippen MR) is 130 cm³/mol. The minimum atomic E-state index is 0. The number of benzene rings is 2. The van der Waals surface area contributed by atoms with E-state index in [4.69, 9.17) is 4.74 Å². The van der Waals surface area contributed by atoms with Crippen LogP contribution in [0.15, 0.2) is 47.5 Å². The highest BCUT2D eigenvalue weighted by molar-refractivity contribution is 14.0. The van der Waals surface area contributed by atoms with E-state index in [0.29, 0.717) is 18.3 Å². The van der Waals surface area contributed by atoms with Gasteiger partial charge in [0.05, 0.1) is 13.2 Å². The number of anilines is 1. The summed E-state index contributed by atoms with van der Waals surface area (Å²) in [5, 5.41) is 16.7. The summed E-state index contributed by atoms with van der Waals surface area (Å²) in [6, 6.07) is 14.0. The van der Waals surface area contributed by atoms with Gasteiger partial charge in [-0.15, -0.1) is 24.0 Å². The molecule has 0 radical (unpaired) electrons. The van der Waals surface area contributed by atoms with Gasteiger partial charge in [-0.25, -0.2) is 0 Å². The van der Waals surface area contributed by atoms with Crippen molar-refractivity contribution in [2.45, 2.75) is 32.4 Å². The molecule has 0 spiro atoms. The molecule has 3 rings (SSSR count). The van der Waals surface area contributed by atoms with Crippen LogP contribution in [0.5, 0.6) is 11.5 Å². The highest BCUT2D eigenvalue weighted by Gasteiger charge is 2.14. The van der Waals surface area contributed by atoms with Crippen LogP contribution in [0.2, 0.25) is 0 Å². The molecule has 6 nitrogen and oxygen atoms in total. The molecule has 1 fully saturated rings. The van der Waals surface area contributed by atoms with E-state index in [-0.39, 0.29) is 35.8 Å². The standard InChI is InChI=1S/C22H30N4O2.HI/c1-16(17-7-6-8-19(13-17)26-11-4-5-12-26)25-22(23-2)24-15-18-14-20(28-3)9-10-21(18)27;/h6-10,13-14,16,27H,4-5,11-12,15H2,1-3H3,(H2,23,24,25);1H. The van der Waals surface area contributed by atoms with Gasteiger partial charge < -0.3 is 25.4 Å². The van der Waals surface area contributed by atoms with Crippen molar-refractivity contribution in [1.29, 1.82) is 0 Å². The fourth-order valence-electron chi connectivity index (χ4n) is 3.46. The number of nitrogens with one attached hydrogen (secondary N) is 2. The highest BCUT2D eigenvalue weighted by atomic mass is 127. The first kappa shape index (κ1) is 23.1. The zero-order valence-corrected chi connectivity index (χ0v) is 19.6. The quantitative estimate of drug-likeness (QED) is 0.311. The summed E-state index contributed by atoms with van der Waals surface area (Å²) < 4.78 is 5.23. The molecular weight excluding hydrogens is 479 g/mol. The SMILES string of the molecule is CN=C(NCc1cc(OC)ccc1O)NC(C)c1cccc(N2CCCC2)c1.I. The van der Waals surface area contributed by atoms with Crippen LogP contribution in [-0.4, -0.2) is 38.3 Å². The Morgan fingerprint density at radius 2 is 1.97 bits per heavy atom. The van der Waals surface area contributed by atoms with Crippen LogP contribution in [0.25, 0.3) is 0 Å². The van der Waals surface area contributed by atoms with Gasteiger partial charge >= 0.3 is 0 Å². The molecule has 0 saturated carbocycles. The smallest absolute Gasteiger partial charge is 0.191 e. The van der Waals surface area contributed by atoms with Crippen molar-refractivity contribution < 1.29 is 9.84 Å². The average molecular weight is 510 g/mol. The van der Waals surface area contributed by atoms with Crippen LogP contribution in [0.3, 0.4) is 0 Å². The summed E-state index contributed by atoms with van der Waals surface area (Å²) in [4.78, 5) is 6.75. The minimum Gasteiger partial charge on any atom is -0.508 e. The zero-order chi connectivity index (χ0) is 19.9. The molecule has 0 aromatic heterocycles. The van der Waals surface area contributed by atoms with Gasteiger partial charge in [-0.2, -0.15) is 0 Å². The zero-order valence-electron chi connectivity index (χ0n) is 17.3. The third-order valence-corrected chi connectivity index (χ3v) is 5.15. The Labute approximate surface area is 190 Å². The Balaban J connectivity index is 0.00000300. The van der Waals surface area contributed by atoms with E-state index in [0.717, 1.165) is 18.7 Å². The minimum absolute atomic E-state index is 0. The number of guanidine groups is 1. The summed E-state index contributed by atoms with van der Waals surface area (Å²) >= 11 is 0. The Morgan fingerprint density at radius 1 is 1.21 bits per heavy atom. The highest BCUT2D eigenvalue weighted by Crippen LogP contribution is 2.24. The molecule has 0 amide bonds. The number of hydrogen-bond donors (Lipinski definition) is 3. The Kier molecular flexibility index (Phi) is 8.88. The molecule has 29 heavy (non-hydrogen) atoms. The molecule has 2 aromatic rings. The van der Waals surface area contributed by atoms with Crippen molar-refractivity contribution >= 4 is 35.6 Å². The van der Waals surface area contributed by atoms with Gasteiger partial charge in [0.2, 0.25) is 0 Å². The van der Waals surface area contributed by atoms with E-state index in [1.54, 1.807) is 26.3 Å². The molecular formula is C22H31IN4O2. The lowest BCUT2D eigenvalue weighted by atomic mass is 10.1. The van der Waals surface area contributed by atoms with E-state index >= 15 is 0 Å². The Hall–Kier alpha value is -2.16. The number of ether oxygens (including phenoxy) is 1. The fraction of sp³-hybridized carbons (Fsp3) is 0.409. The number of phenols is 1. The normalized spacial score (nSPS) is 14.9. The number of methoxy groups -OCH3 is 1. The summed E-state index contributed by atoms with van der Waals surface area (Å²) in [6.07, 6.45) is 2.54. The van der Waals surface area contributed by atoms with Gasteiger partial charge in [0.25, 0.3) is 0 Å². The van der Waals surface area contributed by atoms with Crippen molar-refractivity contribution in [2.24, 2.45) is 4.99 Å². The fourth-order valence-corrected chi connectivity index (χ4v) is 3.46. The first-order chi connectivity index (χ1) is 13.6. The van der Waals surface area contributed by atoms with Gasteiger partial charge in [-0.1, -0.05) is 12.1 Å². The number of nitrogens with zero attached hydrogens (tertiary/aromatic N) is 2. The topological polar surface area (TPSA) is 69.1 Å². The number of hydrogen-bond acceptors (Lipinski definition) is 4. The molecule has 0 bridgehead atoms. The van der Waals surface area contributed by atoms with Crippen LogP contribution in [-0.2, 0) is 6.54 Å². The Bertz CT molecular complexity index is 822. The number of aliphatic imine (C=N–C) groups is 1. The largest absolute Gasteiger partial charge is 0.508 e. The first-order valence-electron chi connectivity index (χ1n) is 9.78. The number of aromatic hydroxyl groups is 1. The van der Waals surface area contributed by atoms with Crippen molar-refractivity contribution in [2.75, 3.05) is 32.1 Å². The van der Waals surface area contributed by atoms with E-state index < -0.39 is 0 Å². The van der Waals surface area contributed by atoms with Crippen molar-refractivity contribution in [3.63, 3.8) is 0 Å². The summed E-state index contributed by atoms with van der Waals surface area (Å²) in [5.74, 6) is 1.63. The summed E-state index contributed by atoms with van der Waals surface area (Å²) in [6.45, 7) is 4.85. The summed E-state index contributed by atoms with van der Waals surface area (Å²) in [7, 11) is 3.36. The van der Waals surface area contributed by atoms with Crippen LogP contribution < -0.4 is 20.3 Å². The van der Waals surface area contributed by atoms with Crippen LogP contribution in [0.4, 0.5) is 5.69 Å². The van der Waals surface area contributed by atoms with Gasteiger partial charge in [0.15, 0.2) is 5.96 Å². The van der Waals surface area contributed by atoms with Gasteiger partial charge in [-0.05, 0) is 55.7 Å². The number of phenolic OH excluding ortho intramolecular Hbond substituents is 1. The lowest BCUT2D eigenvalue weighted by Gasteiger charge is -2.22. The lowest BCUT2D eigenvalue weighted by molar-refractivity contribution is 0.410. The second-order valence-corrected chi connectivity index (χ2v) is 7.08. The monoisotopic (exact) mass is 510 g/mol. The van der Waals surface area contributed by atoms with Crippen molar-refractivity contribution in [1.82, 2.24) is 10.6 Å². The molecule has 7 heteroatoms. The van der Waals surface area contributed by atoms with Crippen LogP contribution in [0, 0.1) is 0 Å². The maximum atomic E-state index is 10.0. The molecule has 1 atom stereocenters. The van der Waals surface area contributed by atoms with E-state index in [2.05, 4.69) is 51.7 Å². The van der Waals surface area contributed by atoms with E-state index in [9.17, 15) is 5.11 Å². The van der Waals surface area contributed by atoms with E-state index in [1.165, 1.54) is 24.1 Å². The van der Waals surface area contributed by atoms with Crippen molar-refractivity contribution in [3.8, 4) is 11.5 Å². The maximum Gasteiger partial charge on any atom is 0.191 e. The molecule has 1 aliphatic rings. The first-order valence-corrected chi connectivity index (χ1v) is 9.78. The molecule has 1 unspecified atom stereocenters.